The van der Waals surface area contributed by atoms with Gasteiger partial charge in [0.1, 0.15) is 23.9 Å². The first-order valence-corrected chi connectivity index (χ1v) is 15.4. The smallest absolute Gasteiger partial charge is 0.350 e. The summed E-state index contributed by atoms with van der Waals surface area (Å²) in [7, 11) is 0. The Hall–Kier alpha value is -2.65. The first-order chi connectivity index (χ1) is 19.3. The van der Waals surface area contributed by atoms with Gasteiger partial charge in [0.15, 0.2) is 0 Å². The Labute approximate surface area is 248 Å². The van der Waals surface area contributed by atoms with Crippen molar-refractivity contribution in [2.75, 3.05) is 0 Å². The molecule has 10 heteroatoms. The van der Waals surface area contributed by atoms with Crippen molar-refractivity contribution in [3.63, 3.8) is 0 Å². The highest BCUT2D eigenvalue weighted by Crippen LogP contribution is 2.55. The standard InChI is InChI=1S/C18H26O6.C14H22O4/c1-6-17(2,3)15(20)24-18(4,5)16(21)23-12-9-7-10-11(8-9)14(19)22-13(10)12;1-5-13(2,3)12(16)17-10-7-6-9-8-14(10,4)18-11(9)15/h9-13H,6-8H2,1-5H3;9-10H,5-8H2,1-4H3. The van der Waals surface area contributed by atoms with E-state index in [2.05, 4.69) is 0 Å². The molecule has 5 rings (SSSR count). The maximum absolute atomic E-state index is 12.6. The normalized spacial score (nSPS) is 34.6. The molecule has 0 spiro atoms. The van der Waals surface area contributed by atoms with Crippen molar-refractivity contribution in [3.05, 3.63) is 0 Å². The molecule has 0 aromatic rings. The van der Waals surface area contributed by atoms with E-state index in [1.54, 1.807) is 13.8 Å². The highest BCUT2D eigenvalue weighted by Gasteiger charge is 2.63. The van der Waals surface area contributed by atoms with Crippen LogP contribution in [0.5, 0.6) is 0 Å². The molecule has 3 aliphatic carbocycles. The first kappa shape index (κ1) is 32.3. The van der Waals surface area contributed by atoms with Crippen LogP contribution in [0.25, 0.3) is 0 Å². The zero-order valence-corrected chi connectivity index (χ0v) is 26.6. The molecule has 0 aromatic carbocycles. The summed E-state index contributed by atoms with van der Waals surface area (Å²) in [5, 5.41) is 0. The molecule has 0 N–H and O–H groups in total. The first-order valence-electron chi connectivity index (χ1n) is 15.4. The van der Waals surface area contributed by atoms with Crippen LogP contribution in [-0.2, 0) is 47.7 Å². The van der Waals surface area contributed by atoms with Crippen molar-refractivity contribution in [2.45, 2.75) is 137 Å². The van der Waals surface area contributed by atoms with E-state index >= 15 is 0 Å². The molecule has 10 nitrogen and oxygen atoms in total. The van der Waals surface area contributed by atoms with Crippen molar-refractivity contribution >= 4 is 29.8 Å². The third-order valence-corrected chi connectivity index (χ3v) is 10.4. The van der Waals surface area contributed by atoms with E-state index < -0.39 is 40.1 Å². The van der Waals surface area contributed by atoms with Gasteiger partial charge in [0, 0.05) is 18.3 Å². The molecule has 2 heterocycles. The molecular formula is C32H48O10. The van der Waals surface area contributed by atoms with Gasteiger partial charge in [-0.3, -0.25) is 19.2 Å². The van der Waals surface area contributed by atoms with Crippen molar-refractivity contribution in [1.29, 1.82) is 0 Å². The van der Waals surface area contributed by atoms with Crippen molar-refractivity contribution in [3.8, 4) is 0 Å². The number of hydrogen-bond donors (Lipinski definition) is 0. The van der Waals surface area contributed by atoms with Crippen molar-refractivity contribution in [1.82, 2.24) is 0 Å². The Morgan fingerprint density at radius 2 is 1.48 bits per heavy atom. The van der Waals surface area contributed by atoms with E-state index in [1.807, 2.05) is 34.6 Å². The number of carbonyl (C=O) groups excluding carboxylic acids is 5. The van der Waals surface area contributed by atoms with Gasteiger partial charge in [-0.25, -0.2) is 4.79 Å². The molecule has 0 amide bonds. The van der Waals surface area contributed by atoms with E-state index in [0.29, 0.717) is 12.8 Å². The third kappa shape index (κ3) is 5.91. The number of hydrogen-bond acceptors (Lipinski definition) is 10. The maximum Gasteiger partial charge on any atom is 0.350 e. The lowest BCUT2D eigenvalue weighted by Gasteiger charge is -2.36. The van der Waals surface area contributed by atoms with Crippen LogP contribution in [-0.4, -0.2) is 59.4 Å². The van der Waals surface area contributed by atoms with Crippen LogP contribution in [0.4, 0.5) is 0 Å². The van der Waals surface area contributed by atoms with E-state index in [0.717, 1.165) is 32.1 Å². The SMILES string of the molecule is CCC(C)(C)C(=O)OC(C)(C)C(=O)OC1C2CC3C(=O)OC1C3C2.CCC(C)(C)C(=O)OC1CCC2CC1(C)OC2=O. The van der Waals surface area contributed by atoms with Gasteiger partial charge in [-0.2, -0.15) is 0 Å². The molecule has 8 unspecified atom stereocenters. The van der Waals surface area contributed by atoms with E-state index in [9.17, 15) is 24.0 Å². The summed E-state index contributed by atoms with van der Waals surface area (Å²) in [5.41, 5.74) is -3.11. The molecule has 3 saturated carbocycles. The molecule has 0 aromatic heterocycles. The minimum absolute atomic E-state index is 0.00383. The average molecular weight is 593 g/mol. The number of rotatable bonds is 8. The van der Waals surface area contributed by atoms with E-state index in [-0.39, 0.29) is 53.8 Å². The lowest BCUT2D eigenvalue weighted by atomic mass is 9.79. The molecule has 2 saturated heterocycles. The second kappa shape index (κ2) is 11.1. The molecule has 5 aliphatic rings. The quantitative estimate of drug-likeness (QED) is 0.289. The van der Waals surface area contributed by atoms with Crippen LogP contribution in [0.2, 0.25) is 0 Å². The fourth-order valence-corrected chi connectivity index (χ4v) is 6.50. The van der Waals surface area contributed by atoms with Crippen LogP contribution >= 0.6 is 0 Å². The Balaban J connectivity index is 0.000000201. The molecule has 8 atom stereocenters. The summed E-state index contributed by atoms with van der Waals surface area (Å²) in [4.78, 5) is 60.3. The second-order valence-corrected chi connectivity index (χ2v) is 14.8. The van der Waals surface area contributed by atoms with Crippen LogP contribution in [0.1, 0.15) is 107 Å². The number of fused-ring (bicyclic) bond motifs is 3. The average Bonchev–Trinajstić information content (AvgIpc) is 3.60. The molecule has 236 valence electrons. The molecule has 2 aliphatic heterocycles. The van der Waals surface area contributed by atoms with Crippen LogP contribution in [0.15, 0.2) is 0 Å². The second-order valence-electron chi connectivity index (χ2n) is 14.8. The predicted molar refractivity (Wildman–Crippen MR) is 149 cm³/mol. The third-order valence-electron chi connectivity index (χ3n) is 10.4. The van der Waals surface area contributed by atoms with Gasteiger partial charge in [-0.05, 0) is 87.0 Å². The summed E-state index contributed by atoms with van der Waals surface area (Å²) >= 11 is 0. The van der Waals surface area contributed by atoms with Gasteiger partial charge < -0.3 is 23.7 Å². The van der Waals surface area contributed by atoms with Gasteiger partial charge in [0.2, 0.25) is 5.60 Å². The van der Waals surface area contributed by atoms with Gasteiger partial charge in [-0.15, -0.1) is 0 Å². The van der Waals surface area contributed by atoms with Crippen molar-refractivity contribution in [2.24, 2.45) is 34.5 Å². The lowest BCUT2D eigenvalue weighted by Crippen LogP contribution is -2.46. The van der Waals surface area contributed by atoms with E-state index in [1.165, 1.54) is 13.8 Å². The largest absolute Gasteiger partial charge is 0.458 e. The molecule has 0 radical (unpaired) electrons. The molecular weight excluding hydrogens is 544 g/mol. The topological polar surface area (TPSA) is 132 Å². The zero-order chi connectivity index (χ0) is 31.4. The molecule has 4 bridgehead atoms. The Bertz CT molecular complexity index is 1120. The Kier molecular flexibility index (Phi) is 8.55. The summed E-state index contributed by atoms with van der Waals surface area (Å²) in [6.07, 6.45) is 4.06. The summed E-state index contributed by atoms with van der Waals surface area (Å²) in [6.45, 7) is 16.1. The van der Waals surface area contributed by atoms with E-state index in [4.69, 9.17) is 23.7 Å². The van der Waals surface area contributed by atoms with Crippen LogP contribution in [0, 0.1) is 34.5 Å². The number of ether oxygens (including phenoxy) is 5. The van der Waals surface area contributed by atoms with Crippen LogP contribution in [0.3, 0.4) is 0 Å². The number of carbonyl (C=O) groups is 5. The monoisotopic (exact) mass is 592 g/mol. The fourth-order valence-electron chi connectivity index (χ4n) is 6.50. The lowest BCUT2D eigenvalue weighted by molar-refractivity contribution is -0.192. The van der Waals surface area contributed by atoms with Gasteiger partial charge >= 0.3 is 29.8 Å². The van der Waals surface area contributed by atoms with Crippen LogP contribution < -0.4 is 0 Å². The van der Waals surface area contributed by atoms with Crippen molar-refractivity contribution < 1.29 is 47.7 Å². The fraction of sp³-hybridized carbons (Fsp3) is 0.844. The Morgan fingerprint density at radius 3 is 2.10 bits per heavy atom. The van der Waals surface area contributed by atoms with Gasteiger partial charge in [0.25, 0.3) is 0 Å². The minimum atomic E-state index is -1.37. The predicted octanol–water partition coefficient (Wildman–Crippen LogP) is 4.69. The minimum Gasteiger partial charge on any atom is -0.458 e. The summed E-state index contributed by atoms with van der Waals surface area (Å²) < 4.78 is 27.5. The highest BCUT2D eigenvalue weighted by atomic mass is 16.6. The molecule has 42 heavy (non-hydrogen) atoms. The zero-order valence-electron chi connectivity index (χ0n) is 26.6. The van der Waals surface area contributed by atoms with Gasteiger partial charge in [-0.1, -0.05) is 13.8 Å². The summed E-state index contributed by atoms with van der Waals surface area (Å²) in [6, 6.07) is 0. The Morgan fingerprint density at radius 1 is 0.857 bits per heavy atom. The molecule has 5 fully saturated rings. The van der Waals surface area contributed by atoms with Gasteiger partial charge in [0.05, 0.1) is 22.7 Å². The highest BCUT2D eigenvalue weighted by molar-refractivity contribution is 5.85. The summed E-state index contributed by atoms with van der Waals surface area (Å²) in [5.74, 6) is -1.18. The maximum atomic E-state index is 12.6. The number of esters is 5.